The molecule has 0 spiro atoms. The molecule has 2 amide bonds. The van der Waals surface area contributed by atoms with E-state index >= 15 is 0 Å². The second-order valence-electron chi connectivity index (χ2n) is 9.31. The predicted octanol–water partition coefficient (Wildman–Crippen LogP) is 2.69. The van der Waals surface area contributed by atoms with Gasteiger partial charge < -0.3 is 21.7 Å². The van der Waals surface area contributed by atoms with Gasteiger partial charge in [-0.2, -0.15) is 13.2 Å². The highest BCUT2D eigenvalue weighted by molar-refractivity contribution is 5.96. The minimum absolute atomic E-state index is 0.00127. The fraction of sp³-hybridized carbons (Fsp3) is 0.480. The molecule has 2 aliphatic rings. The van der Waals surface area contributed by atoms with Gasteiger partial charge in [0.2, 0.25) is 5.91 Å². The van der Waals surface area contributed by atoms with Gasteiger partial charge in [-0.25, -0.2) is 4.98 Å². The van der Waals surface area contributed by atoms with E-state index in [1.54, 1.807) is 0 Å². The molecule has 2 heterocycles. The van der Waals surface area contributed by atoms with Gasteiger partial charge in [0.1, 0.15) is 5.82 Å². The second-order valence-corrected chi connectivity index (χ2v) is 9.31. The molecule has 1 saturated heterocycles. The SMILES string of the molecule is NCNc1cccc(C2CCC(N3CC(NC(=O)CNC(=O)c4cccc(C(F)(F)F)c4)C3)CC2)n1. The standard InChI is InChI=1S/C25H31F3N6O2/c26-25(27,28)18-4-1-3-17(11-18)24(36)30-12-23(35)32-19-13-34(14-19)20-9-7-16(8-10-20)21-5-2-6-22(33-21)31-15-29/h1-6,11,16,19-20H,7-10,12-15,29H2,(H,30,36)(H,31,33)(H,32,35). The van der Waals surface area contributed by atoms with E-state index in [2.05, 4.69) is 31.9 Å². The van der Waals surface area contributed by atoms with Crippen molar-refractivity contribution >= 4 is 17.6 Å². The zero-order valence-corrected chi connectivity index (χ0v) is 19.9. The van der Waals surface area contributed by atoms with Crippen LogP contribution in [-0.2, 0) is 11.0 Å². The molecule has 1 aromatic carbocycles. The Labute approximate surface area is 207 Å². The summed E-state index contributed by atoms with van der Waals surface area (Å²) in [5, 5.41) is 8.31. The fourth-order valence-electron chi connectivity index (χ4n) is 4.90. The zero-order valence-electron chi connectivity index (χ0n) is 19.9. The molecule has 36 heavy (non-hydrogen) atoms. The van der Waals surface area contributed by atoms with Crippen molar-refractivity contribution in [2.75, 3.05) is 31.6 Å². The minimum Gasteiger partial charge on any atom is -0.358 e. The Morgan fingerprint density at radius 3 is 2.47 bits per heavy atom. The summed E-state index contributed by atoms with van der Waals surface area (Å²) >= 11 is 0. The van der Waals surface area contributed by atoms with E-state index in [0.717, 1.165) is 62.4 Å². The number of hydrogen-bond donors (Lipinski definition) is 4. The Kier molecular flexibility index (Phi) is 8.10. The molecule has 0 bridgehead atoms. The maximum absolute atomic E-state index is 12.8. The minimum atomic E-state index is -4.53. The Balaban J connectivity index is 1.16. The number of nitrogens with one attached hydrogen (secondary N) is 3. The molecule has 11 heteroatoms. The number of nitrogens with two attached hydrogens (primary N) is 1. The van der Waals surface area contributed by atoms with Crippen molar-refractivity contribution in [3.8, 4) is 0 Å². The van der Waals surface area contributed by atoms with Gasteiger partial charge in [0.05, 0.1) is 24.8 Å². The van der Waals surface area contributed by atoms with Gasteiger partial charge in [-0.3, -0.25) is 14.5 Å². The lowest BCUT2D eigenvalue weighted by Gasteiger charge is -2.46. The van der Waals surface area contributed by atoms with Crippen molar-refractivity contribution in [3.63, 3.8) is 0 Å². The molecule has 4 rings (SSSR count). The van der Waals surface area contributed by atoms with Crippen molar-refractivity contribution in [2.24, 2.45) is 5.73 Å². The first kappa shape index (κ1) is 25.9. The summed E-state index contributed by atoms with van der Waals surface area (Å²) in [7, 11) is 0. The number of rotatable bonds is 8. The van der Waals surface area contributed by atoms with Crippen molar-refractivity contribution in [1.82, 2.24) is 20.5 Å². The van der Waals surface area contributed by atoms with Crippen LogP contribution in [-0.4, -0.2) is 60.1 Å². The van der Waals surface area contributed by atoms with Gasteiger partial charge >= 0.3 is 6.18 Å². The number of halogens is 3. The number of likely N-dealkylation sites (tertiary alicyclic amines) is 1. The van der Waals surface area contributed by atoms with Gasteiger partial charge in [0.25, 0.3) is 5.91 Å². The molecule has 2 fully saturated rings. The molecule has 0 radical (unpaired) electrons. The van der Waals surface area contributed by atoms with E-state index in [4.69, 9.17) is 5.73 Å². The third-order valence-corrected chi connectivity index (χ3v) is 6.82. The second kappa shape index (κ2) is 11.3. The first-order valence-electron chi connectivity index (χ1n) is 12.1. The lowest BCUT2D eigenvalue weighted by molar-refractivity contribution is -0.137. The number of carbonyl (C=O) groups is 2. The smallest absolute Gasteiger partial charge is 0.358 e. The lowest BCUT2D eigenvalue weighted by Crippen LogP contribution is -2.63. The number of amides is 2. The normalized spacial score (nSPS) is 20.9. The van der Waals surface area contributed by atoms with Crippen LogP contribution in [0.5, 0.6) is 0 Å². The summed E-state index contributed by atoms with van der Waals surface area (Å²) in [6.45, 7) is 1.55. The lowest BCUT2D eigenvalue weighted by atomic mass is 9.82. The Bertz CT molecular complexity index is 1070. The van der Waals surface area contributed by atoms with Crippen LogP contribution >= 0.6 is 0 Å². The maximum Gasteiger partial charge on any atom is 0.416 e. The molecule has 5 N–H and O–H groups in total. The van der Waals surface area contributed by atoms with Crippen LogP contribution in [0.3, 0.4) is 0 Å². The average molecular weight is 505 g/mol. The third-order valence-electron chi connectivity index (χ3n) is 6.82. The molecule has 2 aromatic rings. The quantitative estimate of drug-likeness (QED) is 0.412. The van der Waals surface area contributed by atoms with Crippen LogP contribution in [0.25, 0.3) is 0 Å². The number of anilines is 1. The van der Waals surface area contributed by atoms with Crippen LogP contribution in [0, 0.1) is 0 Å². The number of benzene rings is 1. The fourth-order valence-corrected chi connectivity index (χ4v) is 4.90. The Morgan fingerprint density at radius 1 is 1.06 bits per heavy atom. The van der Waals surface area contributed by atoms with Crippen LogP contribution in [0.2, 0.25) is 0 Å². The zero-order chi connectivity index (χ0) is 25.7. The molecule has 1 aliphatic heterocycles. The van der Waals surface area contributed by atoms with E-state index in [-0.39, 0.29) is 24.1 Å². The summed E-state index contributed by atoms with van der Waals surface area (Å²) in [5.74, 6) is 0.144. The maximum atomic E-state index is 12.8. The molecule has 0 unspecified atom stereocenters. The summed E-state index contributed by atoms with van der Waals surface area (Å²) in [6, 6.07) is 10.6. The summed E-state index contributed by atoms with van der Waals surface area (Å²) in [4.78, 5) is 31.4. The van der Waals surface area contributed by atoms with E-state index in [1.807, 2.05) is 12.1 Å². The first-order chi connectivity index (χ1) is 17.2. The Morgan fingerprint density at radius 2 is 1.78 bits per heavy atom. The third kappa shape index (κ3) is 6.52. The number of nitrogens with zero attached hydrogens (tertiary/aromatic N) is 2. The van der Waals surface area contributed by atoms with Crippen LogP contribution in [0.15, 0.2) is 42.5 Å². The molecule has 1 aromatic heterocycles. The van der Waals surface area contributed by atoms with Gasteiger partial charge in [0, 0.05) is 36.3 Å². The molecular formula is C25H31F3N6O2. The molecule has 0 atom stereocenters. The van der Waals surface area contributed by atoms with Gasteiger partial charge in [-0.15, -0.1) is 0 Å². The van der Waals surface area contributed by atoms with E-state index < -0.39 is 17.6 Å². The average Bonchev–Trinajstić information content (AvgIpc) is 2.84. The van der Waals surface area contributed by atoms with Crippen molar-refractivity contribution in [2.45, 2.75) is 49.9 Å². The topological polar surface area (TPSA) is 112 Å². The van der Waals surface area contributed by atoms with Crippen molar-refractivity contribution < 1.29 is 22.8 Å². The van der Waals surface area contributed by atoms with E-state index in [9.17, 15) is 22.8 Å². The molecule has 8 nitrogen and oxygen atoms in total. The number of carbonyl (C=O) groups excluding carboxylic acids is 2. The predicted molar refractivity (Wildman–Crippen MR) is 129 cm³/mol. The monoisotopic (exact) mass is 504 g/mol. The first-order valence-corrected chi connectivity index (χ1v) is 12.1. The number of aromatic nitrogens is 1. The molecule has 194 valence electrons. The Hall–Kier alpha value is -3.18. The number of pyridine rings is 1. The largest absolute Gasteiger partial charge is 0.416 e. The highest BCUT2D eigenvalue weighted by Crippen LogP contribution is 2.35. The van der Waals surface area contributed by atoms with Crippen LogP contribution in [0.4, 0.5) is 19.0 Å². The molecular weight excluding hydrogens is 473 g/mol. The van der Waals surface area contributed by atoms with Crippen LogP contribution < -0.4 is 21.7 Å². The molecule has 1 aliphatic carbocycles. The highest BCUT2D eigenvalue weighted by Gasteiger charge is 2.36. The number of hydrogen-bond acceptors (Lipinski definition) is 6. The highest BCUT2D eigenvalue weighted by atomic mass is 19.4. The summed E-state index contributed by atoms with van der Waals surface area (Å²) in [5.41, 5.74) is 5.59. The van der Waals surface area contributed by atoms with Gasteiger partial charge in [0.15, 0.2) is 0 Å². The van der Waals surface area contributed by atoms with Gasteiger partial charge in [-0.05, 0) is 56.0 Å². The summed E-state index contributed by atoms with van der Waals surface area (Å²) in [6.07, 6.45) is -0.298. The molecule has 1 saturated carbocycles. The van der Waals surface area contributed by atoms with Gasteiger partial charge in [-0.1, -0.05) is 12.1 Å². The van der Waals surface area contributed by atoms with E-state index in [0.29, 0.717) is 18.6 Å². The van der Waals surface area contributed by atoms with E-state index in [1.165, 1.54) is 12.1 Å². The van der Waals surface area contributed by atoms with Crippen molar-refractivity contribution in [3.05, 3.63) is 59.3 Å². The van der Waals surface area contributed by atoms with Crippen molar-refractivity contribution in [1.29, 1.82) is 0 Å². The summed E-state index contributed by atoms with van der Waals surface area (Å²) < 4.78 is 38.5. The van der Waals surface area contributed by atoms with Crippen LogP contribution in [0.1, 0.15) is 53.2 Å². The number of alkyl halides is 3.